The molecule has 2 rings (SSSR count). The molecule has 1 N–H and O–H groups in total. The Hall–Kier alpha value is -1.33. The summed E-state index contributed by atoms with van der Waals surface area (Å²) in [6.45, 7) is 10.6. The smallest absolute Gasteiger partial charge is 0.224 e. The Bertz CT molecular complexity index is 687. The second-order valence-electron chi connectivity index (χ2n) is 7.16. The SMILES string of the molecule is CC(C)(C)c1cc(NCC(C)(C)S(=O)c2ccc(Cl)cc2)on1. The van der Waals surface area contributed by atoms with Crippen molar-refractivity contribution < 1.29 is 8.73 Å². The van der Waals surface area contributed by atoms with Gasteiger partial charge in [0.1, 0.15) is 0 Å². The molecule has 6 heteroatoms. The van der Waals surface area contributed by atoms with Crippen LogP contribution < -0.4 is 5.32 Å². The van der Waals surface area contributed by atoms with Crippen LogP contribution in [0.15, 0.2) is 39.8 Å². The summed E-state index contributed by atoms with van der Waals surface area (Å²) in [5.74, 6) is 0.594. The molecule has 0 amide bonds. The van der Waals surface area contributed by atoms with E-state index in [1.54, 1.807) is 24.3 Å². The highest BCUT2D eigenvalue weighted by atomic mass is 35.5. The van der Waals surface area contributed by atoms with E-state index in [1.165, 1.54) is 0 Å². The molecule has 1 heterocycles. The first-order valence-electron chi connectivity index (χ1n) is 7.48. The van der Waals surface area contributed by atoms with Gasteiger partial charge in [0.15, 0.2) is 0 Å². The number of aromatic nitrogens is 1. The van der Waals surface area contributed by atoms with Crippen molar-refractivity contribution in [1.29, 1.82) is 0 Å². The minimum Gasteiger partial charge on any atom is -0.353 e. The lowest BCUT2D eigenvalue weighted by Crippen LogP contribution is -2.35. The van der Waals surface area contributed by atoms with E-state index in [0.29, 0.717) is 17.5 Å². The second-order valence-corrected chi connectivity index (χ2v) is 9.71. The van der Waals surface area contributed by atoms with Crippen molar-refractivity contribution in [1.82, 2.24) is 5.16 Å². The predicted molar refractivity (Wildman–Crippen MR) is 95.6 cm³/mol. The number of rotatable bonds is 5. The van der Waals surface area contributed by atoms with Gasteiger partial charge in [-0.25, -0.2) is 0 Å². The largest absolute Gasteiger partial charge is 0.353 e. The van der Waals surface area contributed by atoms with E-state index in [9.17, 15) is 4.21 Å². The fraction of sp³-hybridized carbons (Fsp3) is 0.471. The van der Waals surface area contributed by atoms with Crippen molar-refractivity contribution in [3.63, 3.8) is 0 Å². The molecule has 126 valence electrons. The van der Waals surface area contributed by atoms with Crippen molar-refractivity contribution in [3.8, 4) is 0 Å². The monoisotopic (exact) mass is 354 g/mol. The van der Waals surface area contributed by atoms with Gasteiger partial charge < -0.3 is 9.84 Å². The third-order valence-electron chi connectivity index (χ3n) is 3.50. The summed E-state index contributed by atoms with van der Waals surface area (Å²) < 4.78 is 17.6. The number of nitrogens with one attached hydrogen (secondary N) is 1. The van der Waals surface area contributed by atoms with Gasteiger partial charge in [-0.1, -0.05) is 37.5 Å². The third kappa shape index (κ3) is 4.58. The molecule has 0 saturated carbocycles. The van der Waals surface area contributed by atoms with Gasteiger partial charge >= 0.3 is 0 Å². The maximum absolute atomic E-state index is 12.7. The second kappa shape index (κ2) is 6.65. The molecule has 0 aliphatic rings. The van der Waals surface area contributed by atoms with Crippen LogP contribution in [0.25, 0.3) is 0 Å². The average molecular weight is 355 g/mol. The van der Waals surface area contributed by atoms with E-state index in [-0.39, 0.29) is 5.41 Å². The Morgan fingerprint density at radius 1 is 1.17 bits per heavy atom. The molecule has 0 aliphatic heterocycles. The highest BCUT2D eigenvalue weighted by molar-refractivity contribution is 7.86. The average Bonchev–Trinajstić information content (AvgIpc) is 2.94. The highest BCUT2D eigenvalue weighted by Crippen LogP contribution is 2.26. The van der Waals surface area contributed by atoms with Crippen LogP contribution in [0.5, 0.6) is 0 Å². The maximum atomic E-state index is 12.7. The Morgan fingerprint density at radius 3 is 2.30 bits per heavy atom. The zero-order valence-corrected chi connectivity index (χ0v) is 15.7. The number of nitrogens with zero attached hydrogens (tertiary/aromatic N) is 1. The molecule has 0 bridgehead atoms. The maximum Gasteiger partial charge on any atom is 0.224 e. The Morgan fingerprint density at radius 2 is 1.78 bits per heavy atom. The number of hydrogen-bond acceptors (Lipinski definition) is 4. The van der Waals surface area contributed by atoms with Gasteiger partial charge in [-0.15, -0.1) is 0 Å². The van der Waals surface area contributed by atoms with Gasteiger partial charge in [0.05, 0.1) is 21.2 Å². The van der Waals surface area contributed by atoms with Crippen LogP contribution in [0.3, 0.4) is 0 Å². The normalized spacial score (nSPS) is 13.8. The minimum atomic E-state index is -1.17. The Kier molecular flexibility index (Phi) is 5.21. The lowest BCUT2D eigenvalue weighted by molar-refractivity contribution is 0.401. The number of halogens is 1. The predicted octanol–water partition coefficient (Wildman–Crippen LogP) is 4.62. The molecule has 0 aliphatic carbocycles. The van der Waals surface area contributed by atoms with Gasteiger partial charge in [-0.05, 0) is 38.1 Å². The van der Waals surface area contributed by atoms with E-state index >= 15 is 0 Å². The standard InChI is InChI=1S/C17H23ClN2O2S/c1-16(2,3)14-10-15(22-20-14)19-11-17(4,5)23(21)13-8-6-12(18)7-9-13/h6-10,19H,11H2,1-5H3. The van der Waals surface area contributed by atoms with Crippen LogP contribution in [-0.2, 0) is 16.2 Å². The van der Waals surface area contributed by atoms with Gasteiger partial charge in [-0.2, -0.15) is 0 Å². The molecule has 0 radical (unpaired) electrons. The van der Waals surface area contributed by atoms with Gasteiger partial charge in [-0.3, -0.25) is 4.21 Å². The van der Waals surface area contributed by atoms with E-state index in [4.69, 9.17) is 16.1 Å². The lowest BCUT2D eigenvalue weighted by atomic mass is 9.92. The van der Waals surface area contributed by atoms with Crippen LogP contribution in [0.1, 0.15) is 40.3 Å². The summed E-state index contributed by atoms with van der Waals surface area (Å²) in [6, 6.07) is 8.99. The summed E-state index contributed by atoms with van der Waals surface area (Å²) in [5.41, 5.74) is 0.821. The Labute approximate surface area is 145 Å². The van der Waals surface area contributed by atoms with Crippen molar-refractivity contribution in [2.24, 2.45) is 0 Å². The minimum absolute atomic E-state index is 0.0644. The molecular formula is C17H23ClN2O2S. The van der Waals surface area contributed by atoms with Crippen LogP contribution >= 0.6 is 11.6 Å². The molecular weight excluding hydrogens is 332 g/mol. The van der Waals surface area contributed by atoms with Crippen molar-refractivity contribution >= 4 is 28.3 Å². The zero-order valence-electron chi connectivity index (χ0n) is 14.1. The topological polar surface area (TPSA) is 55.1 Å². The van der Waals surface area contributed by atoms with E-state index < -0.39 is 15.5 Å². The fourth-order valence-corrected chi connectivity index (χ4v) is 3.31. The van der Waals surface area contributed by atoms with Crippen molar-refractivity contribution in [2.45, 2.75) is 49.7 Å². The zero-order chi connectivity index (χ0) is 17.3. The summed E-state index contributed by atoms with van der Waals surface area (Å²) >= 11 is 5.88. The fourth-order valence-electron chi connectivity index (χ4n) is 1.95. The summed E-state index contributed by atoms with van der Waals surface area (Å²) in [5, 5.41) is 7.90. The molecule has 0 saturated heterocycles. The molecule has 23 heavy (non-hydrogen) atoms. The molecule has 0 fully saturated rings. The molecule has 1 aromatic heterocycles. The molecule has 0 spiro atoms. The first kappa shape index (κ1) is 18.0. The van der Waals surface area contributed by atoms with Crippen molar-refractivity contribution in [3.05, 3.63) is 41.0 Å². The van der Waals surface area contributed by atoms with Crippen molar-refractivity contribution in [2.75, 3.05) is 11.9 Å². The molecule has 1 aromatic carbocycles. The van der Waals surface area contributed by atoms with E-state index in [2.05, 4.69) is 31.2 Å². The van der Waals surface area contributed by atoms with Crippen LogP contribution in [-0.4, -0.2) is 20.7 Å². The number of hydrogen-bond donors (Lipinski definition) is 1. The summed E-state index contributed by atoms with van der Waals surface area (Å²) in [4.78, 5) is 0.758. The summed E-state index contributed by atoms with van der Waals surface area (Å²) in [6.07, 6.45) is 0. The summed E-state index contributed by atoms with van der Waals surface area (Å²) in [7, 11) is -1.17. The number of anilines is 1. The van der Waals surface area contributed by atoms with Gasteiger partial charge in [0.25, 0.3) is 0 Å². The first-order valence-corrected chi connectivity index (χ1v) is 9.01. The van der Waals surface area contributed by atoms with Gasteiger partial charge in [0.2, 0.25) is 5.88 Å². The molecule has 4 nitrogen and oxygen atoms in total. The third-order valence-corrected chi connectivity index (χ3v) is 5.60. The molecule has 1 atom stereocenters. The quantitative estimate of drug-likeness (QED) is 0.850. The first-order chi connectivity index (χ1) is 10.6. The van der Waals surface area contributed by atoms with Crippen LogP contribution in [0.2, 0.25) is 5.02 Å². The Balaban J connectivity index is 2.04. The van der Waals surface area contributed by atoms with E-state index in [1.807, 2.05) is 19.9 Å². The highest BCUT2D eigenvalue weighted by Gasteiger charge is 2.28. The number of benzene rings is 1. The van der Waals surface area contributed by atoms with Gasteiger partial charge in [0, 0.05) is 27.9 Å². The van der Waals surface area contributed by atoms with Crippen LogP contribution in [0.4, 0.5) is 5.88 Å². The molecule has 2 aromatic rings. The lowest BCUT2D eigenvalue weighted by Gasteiger charge is -2.24. The van der Waals surface area contributed by atoms with Crippen LogP contribution in [0, 0.1) is 0 Å². The molecule has 1 unspecified atom stereocenters. The van der Waals surface area contributed by atoms with E-state index in [0.717, 1.165) is 10.6 Å².